The van der Waals surface area contributed by atoms with Gasteiger partial charge in [0.25, 0.3) is 0 Å². The molecular formula is C13H18N4O. The van der Waals surface area contributed by atoms with Crippen LogP contribution in [0.2, 0.25) is 0 Å². The molecule has 0 saturated heterocycles. The number of benzene rings is 1. The molecule has 0 spiro atoms. The van der Waals surface area contributed by atoms with Crippen LogP contribution in [-0.4, -0.2) is 29.1 Å². The summed E-state index contributed by atoms with van der Waals surface area (Å²) in [6.07, 6.45) is 0.699. The van der Waals surface area contributed by atoms with Crippen molar-refractivity contribution in [3.63, 3.8) is 0 Å². The third kappa shape index (κ3) is 3.38. The van der Waals surface area contributed by atoms with Crippen molar-refractivity contribution < 1.29 is 4.52 Å². The fourth-order valence-electron chi connectivity index (χ4n) is 1.72. The molecule has 0 aliphatic rings. The van der Waals surface area contributed by atoms with E-state index in [4.69, 9.17) is 10.3 Å². The van der Waals surface area contributed by atoms with E-state index in [1.54, 1.807) is 0 Å². The first kappa shape index (κ1) is 12.7. The lowest BCUT2D eigenvalue weighted by Gasteiger charge is -2.06. The van der Waals surface area contributed by atoms with Gasteiger partial charge in [-0.25, -0.2) is 0 Å². The summed E-state index contributed by atoms with van der Waals surface area (Å²) in [4.78, 5) is 6.29. The molecule has 0 aliphatic carbocycles. The van der Waals surface area contributed by atoms with Crippen LogP contribution in [0.15, 0.2) is 34.9 Å². The molecule has 0 amide bonds. The number of rotatable bonds is 5. The first-order chi connectivity index (χ1) is 8.65. The fraction of sp³-hybridized carbons (Fsp3) is 0.385. The van der Waals surface area contributed by atoms with Crippen LogP contribution in [0.4, 0.5) is 0 Å². The maximum atomic E-state index is 6.06. The van der Waals surface area contributed by atoms with Crippen LogP contribution in [0.25, 0.3) is 0 Å². The van der Waals surface area contributed by atoms with Gasteiger partial charge in [0.1, 0.15) is 0 Å². The van der Waals surface area contributed by atoms with Gasteiger partial charge in [-0.15, -0.1) is 0 Å². The molecule has 0 unspecified atom stereocenters. The zero-order valence-corrected chi connectivity index (χ0v) is 10.7. The Labute approximate surface area is 107 Å². The molecule has 2 rings (SSSR count). The second kappa shape index (κ2) is 5.75. The summed E-state index contributed by atoms with van der Waals surface area (Å²) in [7, 11) is 3.92. The third-order valence-electron chi connectivity index (χ3n) is 2.56. The maximum absolute atomic E-state index is 6.06. The van der Waals surface area contributed by atoms with E-state index in [9.17, 15) is 0 Å². The molecule has 96 valence electrons. The average molecular weight is 246 g/mol. The van der Waals surface area contributed by atoms with Crippen molar-refractivity contribution in [2.24, 2.45) is 5.73 Å². The van der Waals surface area contributed by atoms with Crippen LogP contribution in [0.5, 0.6) is 0 Å². The maximum Gasteiger partial charge on any atom is 0.243 e. The van der Waals surface area contributed by atoms with Gasteiger partial charge < -0.3 is 15.2 Å². The summed E-state index contributed by atoms with van der Waals surface area (Å²) in [5.74, 6) is 1.16. The van der Waals surface area contributed by atoms with Crippen molar-refractivity contribution in [1.82, 2.24) is 15.0 Å². The highest BCUT2D eigenvalue weighted by Gasteiger charge is 2.15. The quantitative estimate of drug-likeness (QED) is 0.863. The van der Waals surface area contributed by atoms with Gasteiger partial charge in [-0.05, 0) is 26.1 Å². The number of nitrogens with zero attached hydrogens (tertiary/aromatic N) is 3. The lowest BCUT2D eigenvalue weighted by atomic mass is 10.1. The Kier molecular flexibility index (Phi) is 4.07. The minimum atomic E-state index is -0.254. The molecule has 0 bridgehead atoms. The molecule has 1 aromatic carbocycles. The second-order valence-corrected chi connectivity index (χ2v) is 4.58. The molecule has 0 fully saturated rings. The standard InChI is InChI=1S/C13H18N4O/c1-17(2)9-12-15-13(18-16-12)11(14)8-10-6-4-3-5-7-10/h3-7,11H,8-9,14H2,1-2H3/t11-/m1/s1. The summed E-state index contributed by atoms with van der Waals surface area (Å²) in [6, 6.07) is 9.79. The summed E-state index contributed by atoms with van der Waals surface area (Å²) >= 11 is 0. The van der Waals surface area contributed by atoms with E-state index in [0.717, 1.165) is 5.56 Å². The summed E-state index contributed by atoms with van der Waals surface area (Å²) in [6.45, 7) is 0.654. The molecule has 2 N–H and O–H groups in total. The van der Waals surface area contributed by atoms with Gasteiger partial charge in [-0.2, -0.15) is 4.98 Å². The zero-order valence-electron chi connectivity index (χ0n) is 10.7. The Balaban J connectivity index is 2.00. The normalized spacial score (nSPS) is 12.9. The van der Waals surface area contributed by atoms with Crippen molar-refractivity contribution in [1.29, 1.82) is 0 Å². The summed E-state index contributed by atoms with van der Waals surface area (Å²) in [5, 5.41) is 3.91. The Morgan fingerprint density at radius 3 is 2.67 bits per heavy atom. The van der Waals surface area contributed by atoms with Crippen LogP contribution < -0.4 is 5.73 Å². The molecule has 0 saturated carbocycles. The van der Waals surface area contributed by atoms with Crippen LogP contribution >= 0.6 is 0 Å². The lowest BCUT2D eigenvalue weighted by molar-refractivity contribution is 0.336. The highest BCUT2D eigenvalue weighted by atomic mass is 16.5. The number of nitrogens with two attached hydrogens (primary N) is 1. The number of hydrogen-bond donors (Lipinski definition) is 1. The molecule has 1 heterocycles. The van der Waals surface area contributed by atoms with E-state index in [1.165, 1.54) is 0 Å². The van der Waals surface area contributed by atoms with E-state index >= 15 is 0 Å². The van der Waals surface area contributed by atoms with E-state index < -0.39 is 0 Å². The van der Waals surface area contributed by atoms with Crippen molar-refractivity contribution in [3.8, 4) is 0 Å². The average Bonchev–Trinajstić information content (AvgIpc) is 2.78. The molecule has 0 aliphatic heterocycles. The van der Waals surface area contributed by atoms with E-state index in [2.05, 4.69) is 10.1 Å². The fourth-order valence-corrected chi connectivity index (χ4v) is 1.72. The molecule has 1 aromatic heterocycles. The van der Waals surface area contributed by atoms with E-state index in [-0.39, 0.29) is 6.04 Å². The van der Waals surface area contributed by atoms with Gasteiger partial charge in [0.2, 0.25) is 5.89 Å². The molecule has 1 atom stereocenters. The Hall–Kier alpha value is -1.72. The van der Waals surface area contributed by atoms with Gasteiger partial charge in [0.05, 0.1) is 12.6 Å². The highest BCUT2D eigenvalue weighted by Crippen LogP contribution is 2.14. The van der Waals surface area contributed by atoms with Gasteiger partial charge in [-0.3, -0.25) is 0 Å². The number of aromatic nitrogens is 2. The lowest BCUT2D eigenvalue weighted by Crippen LogP contribution is -2.15. The predicted octanol–water partition coefficient (Wildman–Crippen LogP) is 1.37. The Bertz CT molecular complexity index is 481. The van der Waals surface area contributed by atoms with E-state index in [1.807, 2.05) is 49.3 Å². The van der Waals surface area contributed by atoms with Crippen LogP contribution in [0.1, 0.15) is 23.3 Å². The minimum Gasteiger partial charge on any atom is -0.338 e. The van der Waals surface area contributed by atoms with Gasteiger partial charge in [-0.1, -0.05) is 35.5 Å². The zero-order chi connectivity index (χ0) is 13.0. The van der Waals surface area contributed by atoms with Gasteiger partial charge in [0.15, 0.2) is 5.82 Å². The van der Waals surface area contributed by atoms with Gasteiger partial charge >= 0.3 is 0 Å². The van der Waals surface area contributed by atoms with Crippen molar-refractivity contribution in [2.75, 3.05) is 14.1 Å². The largest absolute Gasteiger partial charge is 0.338 e. The first-order valence-electron chi connectivity index (χ1n) is 5.92. The molecule has 5 heteroatoms. The third-order valence-corrected chi connectivity index (χ3v) is 2.56. The Morgan fingerprint density at radius 2 is 2.00 bits per heavy atom. The molecule has 2 aromatic rings. The van der Waals surface area contributed by atoms with Crippen molar-refractivity contribution in [2.45, 2.75) is 19.0 Å². The topological polar surface area (TPSA) is 68.2 Å². The Morgan fingerprint density at radius 1 is 1.28 bits per heavy atom. The minimum absolute atomic E-state index is 0.254. The molecule has 5 nitrogen and oxygen atoms in total. The first-order valence-corrected chi connectivity index (χ1v) is 5.92. The summed E-state index contributed by atoms with van der Waals surface area (Å²) in [5.41, 5.74) is 7.23. The number of hydrogen-bond acceptors (Lipinski definition) is 5. The molecule has 18 heavy (non-hydrogen) atoms. The van der Waals surface area contributed by atoms with Crippen LogP contribution in [0.3, 0.4) is 0 Å². The SMILES string of the molecule is CN(C)Cc1noc([C@H](N)Cc2ccccc2)n1. The molecule has 0 radical (unpaired) electrons. The van der Waals surface area contributed by atoms with Crippen LogP contribution in [-0.2, 0) is 13.0 Å². The van der Waals surface area contributed by atoms with E-state index in [0.29, 0.717) is 24.7 Å². The van der Waals surface area contributed by atoms with Gasteiger partial charge in [0, 0.05) is 0 Å². The second-order valence-electron chi connectivity index (χ2n) is 4.58. The predicted molar refractivity (Wildman–Crippen MR) is 68.8 cm³/mol. The van der Waals surface area contributed by atoms with Crippen molar-refractivity contribution >= 4 is 0 Å². The monoisotopic (exact) mass is 246 g/mol. The smallest absolute Gasteiger partial charge is 0.243 e. The molecular weight excluding hydrogens is 228 g/mol. The van der Waals surface area contributed by atoms with Crippen molar-refractivity contribution in [3.05, 3.63) is 47.6 Å². The van der Waals surface area contributed by atoms with Crippen LogP contribution in [0, 0.1) is 0 Å². The highest BCUT2D eigenvalue weighted by molar-refractivity contribution is 5.16. The summed E-state index contributed by atoms with van der Waals surface area (Å²) < 4.78 is 5.19.